The molecule has 0 spiro atoms. The molecule has 2 aliphatic heterocycles. The first-order valence-corrected chi connectivity index (χ1v) is 13.8. The van der Waals surface area contributed by atoms with Crippen LogP contribution in [0, 0.1) is 28.4 Å². The number of benzene rings is 2. The minimum Gasteiger partial charge on any atom is -0.508 e. The third-order valence-corrected chi connectivity index (χ3v) is 7.89. The minimum atomic E-state index is -0.738. The summed E-state index contributed by atoms with van der Waals surface area (Å²) in [4.78, 5) is 15.6. The number of fused-ring (bicyclic) bond motifs is 2. The first-order chi connectivity index (χ1) is 19.9. The second kappa shape index (κ2) is 11.0. The number of pyridine rings is 1. The quantitative estimate of drug-likeness (QED) is 0.352. The number of ether oxygens (including phenoxy) is 2. The second-order valence-corrected chi connectivity index (χ2v) is 10.5. The van der Waals surface area contributed by atoms with Crippen LogP contribution in [0.2, 0.25) is 0 Å². The van der Waals surface area contributed by atoms with Gasteiger partial charge in [-0.05, 0) is 60.3 Å². The third kappa shape index (κ3) is 4.98. The highest BCUT2D eigenvalue weighted by Gasteiger charge is 2.35. The molecule has 6 rings (SSSR count). The largest absolute Gasteiger partial charge is 0.508 e. The molecular formula is C30H30F2N6O3. The Morgan fingerprint density at radius 1 is 1.22 bits per heavy atom. The van der Waals surface area contributed by atoms with Gasteiger partial charge in [0.05, 0.1) is 18.1 Å². The van der Waals surface area contributed by atoms with Crippen molar-refractivity contribution in [3.63, 3.8) is 0 Å². The molecule has 9 nitrogen and oxygen atoms in total. The second-order valence-electron chi connectivity index (χ2n) is 10.5. The van der Waals surface area contributed by atoms with E-state index in [9.17, 15) is 14.8 Å². The van der Waals surface area contributed by atoms with Crippen molar-refractivity contribution in [3.05, 3.63) is 47.7 Å². The fraction of sp³-hybridized carbons (Fsp3) is 0.400. The molecule has 0 amide bonds. The van der Waals surface area contributed by atoms with E-state index < -0.39 is 17.0 Å². The van der Waals surface area contributed by atoms with E-state index in [1.165, 1.54) is 24.4 Å². The van der Waals surface area contributed by atoms with Gasteiger partial charge in [0.2, 0.25) is 0 Å². The zero-order valence-corrected chi connectivity index (χ0v) is 22.7. The Kier molecular flexibility index (Phi) is 7.28. The average Bonchev–Trinajstić information content (AvgIpc) is 3.29. The Labute approximate surface area is 235 Å². The topological polar surface area (TPSA) is 116 Å². The van der Waals surface area contributed by atoms with Gasteiger partial charge >= 0.3 is 6.01 Å². The Morgan fingerprint density at radius 2 is 2.10 bits per heavy atom. The van der Waals surface area contributed by atoms with Crippen molar-refractivity contribution >= 4 is 27.5 Å². The maximum atomic E-state index is 16.6. The number of hydrogen-bond acceptors (Lipinski definition) is 9. The van der Waals surface area contributed by atoms with Crippen LogP contribution in [0.5, 0.6) is 11.8 Å². The van der Waals surface area contributed by atoms with Gasteiger partial charge in [0.15, 0.2) is 5.82 Å². The number of aryl methyl sites for hydroxylation is 1. The number of aromatic nitrogens is 3. The number of nitrogens with zero attached hydrogens (tertiary/aromatic N) is 5. The summed E-state index contributed by atoms with van der Waals surface area (Å²) in [6, 6.07) is 8.12. The van der Waals surface area contributed by atoms with Gasteiger partial charge in [-0.1, -0.05) is 13.0 Å². The number of nitriles is 1. The average molecular weight is 561 g/mol. The fourth-order valence-corrected chi connectivity index (χ4v) is 5.70. The molecule has 4 aromatic rings. The van der Waals surface area contributed by atoms with E-state index in [1.54, 1.807) is 6.07 Å². The monoisotopic (exact) mass is 560 g/mol. The Hall–Kier alpha value is -4.14. The summed E-state index contributed by atoms with van der Waals surface area (Å²) in [7, 11) is 0. The van der Waals surface area contributed by atoms with Crippen molar-refractivity contribution in [1.29, 1.82) is 5.26 Å². The van der Waals surface area contributed by atoms with Gasteiger partial charge in [0.1, 0.15) is 40.6 Å². The van der Waals surface area contributed by atoms with Crippen LogP contribution >= 0.6 is 0 Å². The van der Waals surface area contributed by atoms with Crippen LogP contribution in [-0.4, -0.2) is 66.1 Å². The molecule has 2 saturated heterocycles. The summed E-state index contributed by atoms with van der Waals surface area (Å²) in [5.74, 6) is -0.779. The number of aromatic hydroxyl groups is 1. The molecule has 2 N–H and O–H groups in total. The number of phenols is 1. The van der Waals surface area contributed by atoms with E-state index in [0.29, 0.717) is 79.8 Å². The zero-order valence-electron chi connectivity index (χ0n) is 22.7. The van der Waals surface area contributed by atoms with Crippen molar-refractivity contribution in [2.24, 2.45) is 5.41 Å². The zero-order chi connectivity index (χ0) is 28.6. The molecule has 41 heavy (non-hydrogen) atoms. The fourth-order valence-electron chi connectivity index (χ4n) is 5.70. The summed E-state index contributed by atoms with van der Waals surface area (Å²) in [6.45, 7) is 5.33. The van der Waals surface area contributed by atoms with Gasteiger partial charge in [-0.3, -0.25) is 4.98 Å². The number of phenolic OH excluding ortho intramolecular Hbond substituents is 1. The predicted octanol–water partition coefficient (Wildman–Crippen LogP) is 4.50. The van der Waals surface area contributed by atoms with Gasteiger partial charge < -0.3 is 24.8 Å². The molecule has 0 radical (unpaired) electrons. The highest BCUT2D eigenvalue weighted by atomic mass is 19.1. The lowest BCUT2D eigenvalue weighted by Gasteiger charge is -2.24. The SMILES string of the molecule is CCc1c(F)ccc2cc(O)cc(-c3ncc4c(N5CCCOCC5)nc(OCC5(C#N)CCNC5)nc4c3F)c12. The summed E-state index contributed by atoms with van der Waals surface area (Å²) in [6.07, 6.45) is 3.26. The Bertz CT molecular complexity index is 1660. The number of rotatable bonds is 6. The highest BCUT2D eigenvalue weighted by molar-refractivity contribution is 6.01. The van der Waals surface area contributed by atoms with Crippen LogP contribution in [0.25, 0.3) is 32.9 Å². The lowest BCUT2D eigenvalue weighted by molar-refractivity contribution is 0.152. The minimum absolute atomic E-state index is 0.0123. The molecule has 212 valence electrons. The smallest absolute Gasteiger partial charge is 0.319 e. The molecule has 0 saturated carbocycles. The third-order valence-electron chi connectivity index (χ3n) is 7.89. The molecule has 11 heteroatoms. The predicted molar refractivity (Wildman–Crippen MR) is 150 cm³/mol. The molecule has 2 fully saturated rings. The molecule has 2 aliphatic rings. The summed E-state index contributed by atoms with van der Waals surface area (Å²) < 4.78 is 43.0. The van der Waals surface area contributed by atoms with Gasteiger partial charge in [0, 0.05) is 38.0 Å². The molecule has 1 atom stereocenters. The maximum absolute atomic E-state index is 16.6. The van der Waals surface area contributed by atoms with Gasteiger partial charge in [-0.2, -0.15) is 15.2 Å². The number of hydrogen-bond donors (Lipinski definition) is 2. The lowest BCUT2D eigenvalue weighted by atomic mass is 9.90. The summed E-state index contributed by atoms with van der Waals surface area (Å²) >= 11 is 0. The highest BCUT2D eigenvalue weighted by Crippen LogP contribution is 2.39. The van der Waals surface area contributed by atoms with Crippen molar-refractivity contribution < 1.29 is 23.4 Å². The molecule has 1 unspecified atom stereocenters. The van der Waals surface area contributed by atoms with Gasteiger partial charge in [-0.25, -0.2) is 8.78 Å². The van der Waals surface area contributed by atoms with E-state index >= 15 is 4.39 Å². The normalized spacial score (nSPS) is 19.4. The van der Waals surface area contributed by atoms with E-state index in [-0.39, 0.29) is 35.1 Å². The molecule has 0 aliphatic carbocycles. The van der Waals surface area contributed by atoms with E-state index in [2.05, 4.69) is 26.3 Å². The number of halogens is 2. The van der Waals surface area contributed by atoms with E-state index in [4.69, 9.17) is 9.47 Å². The van der Waals surface area contributed by atoms with Crippen molar-refractivity contribution in [2.75, 3.05) is 50.9 Å². The first-order valence-electron chi connectivity index (χ1n) is 13.8. The summed E-state index contributed by atoms with van der Waals surface area (Å²) in [5, 5.41) is 24.9. The first kappa shape index (κ1) is 27.1. The van der Waals surface area contributed by atoms with E-state index in [1.807, 2.05) is 11.8 Å². The lowest BCUT2D eigenvalue weighted by Crippen LogP contribution is -2.30. The number of nitrogens with one attached hydrogen (secondary N) is 1. The van der Waals surface area contributed by atoms with Crippen LogP contribution in [-0.2, 0) is 11.2 Å². The standard InChI is InChI=1S/C30H30F2N6O3/c1-2-20-23(31)5-4-18-12-19(39)13-21(24(18)20)26-25(32)27-22(14-35-26)28(38-8-3-10-40-11-9-38)37-29(36-27)41-17-30(15-33)6-7-34-16-30/h4-5,12-14,34,39H,2-3,6-11,16-17H2,1H3. The van der Waals surface area contributed by atoms with Crippen LogP contribution < -0.4 is 15.0 Å². The van der Waals surface area contributed by atoms with Gasteiger partial charge in [0.25, 0.3) is 0 Å². The summed E-state index contributed by atoms with van der Waals surface area (Å²) in [5.41, 5.74) is -0.133. The van der Waals surface area contributed by atoms with Crippen LogP contribution in [0.15, 0.2) is 30.5 Å². The Balaban J connectivity index is 1.53. The molecule has 2 aromatic carbocycles. The van der Waals surface area contributed by atoms with Crippen LogP contribution in [0.4, 0.5) is 14.6 Å². The van der Waals surface area contributed by atoms with E-state index in [0.717, 1.165) is 6.42 Å². The number of anilines is 1. The Morgan fingerprint density at radius 3 is 2.88 bits per heavy atom. The van der Waals surface area contributed by atoms with Crippen LogP contribution in [0.3, 0.4) is 0 Å². The molecule has 0 bridgehead atoms. The van der Waals surface area contributed by atoms with Crippen molar-refractivity contribution in [1.82, 2.24) is 20.3 Å². The van der Waals surface area contributed by atoms with Crippen molar-refractivity contribution in [3.8, 4) is 29.1 Å². The molecule has 2 aromatic heterocycles. The molecular weight excluding hydrogens is 530 g/mol. The van der Waals surface area contributed by atoms with Crippen LogP contribution in [0.1, 0.15) is 25.3 Å². The van der Waals surface area contributed by atoms with Crippen molar-refractivity contribution in [2.45, 2.75) is 26.2 Å². The van der Waals surface area contributed by atoms with Gasteiger partial charge in [-0.15, -0.1) is 0 Å². The molecule has 4 heterocycles. The maximum Gasteiger partial charge on any atom is 0.319 e.